The second kappa shape index (κ2) is 14.1. The molecular weight excluding hydrogens is 729 g/mol. The fraction of sp³-hybridized carbons (Fsp3) is 0.0714. The summed E-state index contributed by atoms with van der Waals surface area (Å²) in [7, 11) is 0. The van der Waals surface area contributed by atoms with E-state index in [2.05, 4.69) is 218 Å². The van der Waals surface area contributed by atoms with Crippen LogP contribution in [0.25, 0.3) is 99.8 Å². The minimum absolute atomic E-state index is 0.0552. The first-order valence-electron chi connectivity index (χ1n) is 20.6. The number of rotatable bonds is 6. The number of nitrogens with zero attached hydrogens (tertiary/aromatic N) is 4. The molecule has 0 fully saturated rings. The molecule has 0 aliphatic heterocycles. The lowest BCUT2D eigenvalue weighted by Gasteiger charge is -2.19. The molecule has 0 bridgehead atoms. The summed E-state index contributed by atoms with van der Waals surface area (Å²) in [5.74, 6) is 0.646. The molecule has 11 rings (SSSR count). The van der Waals surface area contributed by atoms with Crippen molar-refractivity contribution in [2.24, 2.45) is 0 Å². The molecule has 0 atom stereocenters. The van der Waals surface area contributed by atoms with Crippen LogP contribution in [-0.2, 0) is 5.41 Å². The van der Waals surface area contributed by atoms with E-state index in [4.69, 9.17) is 9.97 Å². The van der Waals surface area contributed by atoms with Gasteiger partial charge in [0.1, 0.15) is 0 Å². The van der Waals surface area contributed by atoms with E-state index in [9.17, 15) is 0 Å². The molecule has 4 nitrogen and oxygen atoms in total. The fourth-order valence-electron chi connectivity index (χ4n) is 8.86. The Morgan fingerprint density at radius 1 is 0.333 bits per heavy atom. The first-order chi connectivity index (χ1) is 29.4. The summed E-state index contributed by atoms with van der Waals surface area (Å²) < 4.78 is 4.60. The van der Waals surface area contributed by atoms with Crippen molar-refractivity contribution in [3.8, 4) is 56.1 Å². The zero-order chi connectivity index (χ0) is 40.4. The minimum Gasteiger partial charge on any atom is -0.309 e. The molecule has 0 unspecified atom stereocenters. The maximum atomic E-state index is 5.00. The maximum Gasteiger partial charge on any atom is 0.234 e. The second-order valence-corrected chi connectivity index (χ2v) is 16.8. The van der Waals surface area contributed by atoms with Crippen LogP contribution in [-0.4, -0.2) is 19.1 Å². The Balaban J connectivity index is 0.975. The molecular formula is C56H42N4. The zero-order valence-electron chi connectivity index (χ0n) is 33.8. The smallest absolute Gasteiger partial charge is 0.234 e. The fourth-order valence-corrected chi connectivity index (χ4v) is 8.86. The monoisotopic (exact) mass is 770 g/mol. The standard InChI is InChI=1S/C56H42N4/c1-56(2,3)45-26-29-52-50(34-45)48-27-24-43(33-54(48)59(52)46-20-8-5-9-21-46)42-25-28-53-49(32-42)47-22-10-11-23-51(47)60(53)55-57-35-44(36-58-55)41-19-13-18-40(31-41)39-17-12-16-38(30-39)37-14-6-4-7-15-37/h4-36H,1-3H3. The van der Waals surface area contributed by atoms with Gasteiger partial charge in [-0.2, -0.15) is 0 Å². The van der Waals surface area contributed by atoms with Crippen molar-refractivity contribution >= 4 is 43.6 Å². The van der Waals surface area contributed by atoms with Crippen LogP contribution in [0.5, 0.6) is 0 Å². The van der Waals surface area contributed by atoms with Gasteiger partial charge in [0.05, 0.1) is 22.1 Å². The summed E-state index contributed by atoms with van der Waals surface area (Å²) in [6.07, 6.45) is 3.89. The lowest BCUT2D eigenvalue weighted by Crippen LogP contribution is -2.10. The number of hydrogen-bond acceptors (Lipinski definition) is 2. The molecule has 0 N–H and O–H groups in total. The van der Waals surface area contributed by atoms with Crippen molar-refractivity contribution in [1.82, 2.24) is 19.1 Å². The molecule has 0 spiro atoms. The summed E-state index contributed by atoms with van der Waals surface area (Å²) in [6, 6.07) is 67.8. The molecule has 0 saturated heterocycles. The van der Waals surface area contributed by atoms with E-state index >= 15 is 0 Å². The van der Waals surface area contributed by atoms with Gasteiger partial charge >= 0.3 is 0 Å². The Hall–Kier alpha value is -7.56. The van der Waals surface area contributed by atoms with E-state index in [1.165, 1.54) is 60.4 Å². The molecule has 60 heavy (non-hydrogen) atoms. The highest BCUT2D eigenvalue weighted by Crippen LogP contribution is 2.39. The van der Waals surface area contributed by atoms with Gasteiger partial charge < -0.3 is 4.57 Å². The molecule has 3 aromatic heterocycles. The Bertz CT molecular complexity index is 3390. The quantitative estimate of drug-likeness (QED) is 0.169. The molecule has 3 heterocycles. The van der Waals surface area contributed by atoms with Crippen molar-refractivity contribution in [2.45, 2.75) is 26.2 Å². The summed E-state index contributed by atoms with van der Waals surface area (Å²) in [4.78, 5) is 10.00. The molecule has 4 heteroatoms. The van der Waals surface area contributed by atoms with E-state index < -0.39 is 0 Å². The van der Waals surface area contributed by atoms with Gasteiger partial charge in [-0.05, 0) is 111 Å². The van der Waals surface area contributed by atoms with Crippen LogP contribution in [0.4, 0.5) is 0 Å². The van der Waals surface area contributed by atoms with E-state index in [-0.39, 0.29) is 5.41 Å². The highest BCUT2D eigenvalue weighted by molar-refractivity contribution is 6.12. The Labute approximate surface area is 349 Å². The number of hydrogen-bond donors (Lipinski definition) is 0. The van der Waals surface area contributed by atoms with Gasteiger partial charge in [0, 0.05) is 45.2 Å². The van der Waals surface area contributed by atoms with E-state index in [0.29, 0.717) is 5.95 Å². The van der Waals surface area contributed by atoms with Gasteiger partial charge in [0.2, 0.25) is 5.95 Å². The van der Waals surface area contributed by atoms with E-state index in [1.54, 1.807) is 0 Å². The Morgan fingerprint density at radius 3 is 1.55 bits per heavy atom. The van der Waals surface area contributed by atoms with Crippen molar-refractivity contribution < 1.29 is 0 Å². The molecule has 0 aliphatic rings. The van der Waals surface area contributed by atoms with Crippen molar-refractivity contribution in [3.05, 3.63) is 206 Å². The van der Waals surface area contributed by atoms with Crippen molar-refractivity contribution in [3.63, 3.8) is 0 Å². The predicted octanol–water partition coefficient (Wildman–Crippen LogP) is 14.6. The van der Waals surface area contributed by atoms with Gasteiger partial charge in [-0.25, -0.2) is 9.97 Å². The normalized spacial score (nSPS) is 11.9. The summed E-state index contributed by atoms with van der Waals surface area (Å²) in [5.41, 5.74) is 16.2. The lowest BCUT2D eigenvalue weighted by molar-refractivity contribution is 0.591. The molecule has 11 aromatic rings. The number of benzene rings is 8. The minimum atomic E-state index is 0.0552. The van der Waals surface area contributed by atoms with Crippen LogP contribution in [0.1, 0.15) is 26.3 Å². The van der Waals surface area contributed by atoms with Crippen molar-refractivity contribution in [2.75, 3.05) is 0 Å². The van der Waals surface area contributed by atoms with Gasteiger partial charge in [-0.3, -0.25) is 4.57 Å². The number of aromatic nitrogens is 4. The highest BCUT2D eigenvalue weighted by atomic mass is 15.1. The highest BCUT2D eigenvalue weighted by Gasteiger charge is 2.20. The van der Waals surface area contributed by atoms with E-state index in [0.717, 1.165) is 39.0 Å². The maximum absolute atomic E-state index is 5.00. The zero-order valence-corrected chi connectivity index (χ0v) is 33.8. The van der Waals surface area contributed by atoms with Gasteiger partial charge in [0.25, 0.3) is 0 Å². The van der Waals surface area contributed by atoms with Crippen LogP contribution in [0.3, 0.4) is 0 Å². The molecule has 0 radical (unpaired) electrons. The number of fused-ring (bicyclic) bond motifs is 6. The molecule has 0 aliphatic carbocycles. The third-order valence-electron chi connectivity index (χ3n) is 12.0. The largest absolute Gasteiger partial charge is 0.309 e. The third-order valence-corrected chi connectivity index (χ3v) is 12.0. The topological polar surface area (TPSA) is 35.6 Å². The summed E-state index contributed by atoms with van der Waals surface area (Å²) in [5, 5.41) is 4.87. The van der Waals surface area contributed by atoms with Gasteiger partial charge in [0.15, 0.2) is 0 Å². The van der Waals surface area contributed by atoms with Crippen molar-refractivity contribution in [1.29, 1.82) is 0 Å². The van der Waals surface area contributed by atoms with Gasteiger partial charge in [-0.15, -0.1) is 0 Å². The third kappa shape index (κ3) is 6.08. The lowest BCUT2D eigenvalue weighted by atomic mass is 9.86. The molecule has 8 aromatic carbocycles. The summed E-state index contributed by atoms with van der Waals surface area (Å²) >= 11 is 0. The molecule has 0 saturated carbocycles. The van der Waals surface area contributed by atoms with Crippen LogP contribution >= 0.6 is 0 Å². The average molecular weight is 771 g/mol. The second-order valence-electron chi connectivity index (χ2n) is 16.8. The molecule has 0 amide bonds. The van der Waals surface area contributed by atoms with E-state index in [1.807, 2.05) is 12.4 Å². The van der Waals surface area contributed by atoms with Crippen LogP contribution in [0.2, 0.25) is 0 Å². The average Bonchev–Trinajstić information content (AvgIpc) is 3.81. The van der Waals surface area contributed by atoms with Crippen LogP contribution < -0.4 is 0 Å². The van der Waals surface area contributed by atoms with Gasteiger partial charge in [-0.1, -0.05) is 148 Å². The van der Waals surface area contributed by atoms with Crippen LogP contribution in [0.15, 0.2) is 200 Å². The Morgan fingerprint density at radius 2 is 0.833 bits per heavy atom. The predicted molar refractivity (Wildman–Crippen MR) is 251 cm³/mol. The first kappa shape index (κ1) is 35.6. The Kier molecular flexibility index (Phi) is 8.35. The molecule has 286 valence electrons. The number of para-hydroxylation sites is 2. The first-order valence-corrected chi connectivity index (χ1v) is 20.6. The summed E-state index contributed by atoms with van der Waals surface area (Å²) in [6.45, 7) is 6.85. The SMILES string of the molecule is CC(C)(C)c1ccc2c(c1)c1ccc(-c3ccc4c(c3)c3ccccc3n4-c3ncc(-c4cccc(-c5cccc(-c6ccccc6)c5)c4)cn3)cc1n2-c1ccccc1. The van der Waals surface area contributed by atoms with Crippen LogP contribution in [0, 0.1) is 0 Å².